The van der Waals surface area contributed by atoms with Crippen LogP contribution in [0.15, 0.2) is 40.8 Å². The van der Waals surface area contributed by atoms with E-state index in [1.165, 1.54) is 12.1 Å². The number of nitrogens with zero attached hydrogens (tertiary/aromatic N) is 1. The summed E-state index contributed by atoms with van der Waals surface area (Å²) in [5, 5.41) is 9.84. The summed E-state index contributed by atoms with van der Waals surface area (Å²) in [6, 6.07) is 10.8. The van der Waals surface area contributed by atoms with Crippen molar-refractivity contribution < 1.29 is 17.6 Å². The van der Waals surface area contributed by atoms with Gasteiger partial charge in [-0.3, -0.25) is 0 Å². The average molecular weight is 364 g/mol. The van der Waals surface area contributed by atoms with Crippen molar-refractivity contribution >= 4 is 22.6 Å². The van der Waals surface area contributed by atoms with Gasteiger partial charge in [0.15, 0.2) is 0 Å². The SMILES string of the molecule is CCc1c(Cc2ccc(Cl)cc2C(F)(F)F)oc2cc(C#N)ccc12. The van der Waals surface area contributed by atoms with Gasteiger partial charge in [-0.15, -0.1) is 0 Å². The summed E-state index contributed by atoms with van der Waals surface area (Å²) >= 11 is 5.73. The van der Waals surface area contributed by atoms with Gasteiger partial charge < -0.3 is 4.42 Å². The lowest BCUT2D eigenvalue weighted by Gasteiger charge is -2.13. The number of rotatable bonds is 3. The van der Waals surface area contributed by atoms with Gasteiger partial charge >= 0.3 is 6.18 Å². The van der Waals surface area contributed by atoms with Gasteiger partial charge in [-0.05, 0) is 42.3 Å². The van der Waals surface area contributed by atoms with Crippen molar-refractivity contribution in [3.05, 3.63) is 69.4 Å². The third kappa shape index (κ3) is 3.35. The Morgan fingerprint density at radius 1 is 1.16 bits per heavy atom. The molecule has 0 fully saturated rings. The number of alkyl halides is 3. The molecule has 0 saturated heterocycles. The van der Waals surface area contributed by atoms with Gasteiger partial charge in [-0.25, -0.2) is 0 Å². The lowest BCUT2D eigenvalue weighted by Crippen LogP contribution is -2.09. The van der Waals surface area contributed by atoms with Crippen LogP contribution in [0.2, 0.25) is 5.02 Å². The molecule has 0 saturated carbocycles. The van der Waals surface area contributed by atoms with Crippen LogP contribution in [0, 0.1) is 11.3 Å². The second-order valence-corrected chi connectivity index (χ2v) is 6.09. The minimum atomic E-state index is -4.49. The molecule has 0 aliphatic carbocycles. The van der Waals surface area contributed by atoms with Crippen LogP contribution < -0.4 is 0 Å². The number of furan rings is 1. The summed E-state index contributed by atoms with van der Waals surface area (Å²) in [7, 11) is 0. The fraction of sp³-hybridized carbons (Fsp3) is 0.211. The summed E-state index contributed by atoms with van der Waals surface area (Å²) in [4.78, 5) is 0. The van der Waals surface area contributed by atoms with Crippen LogP contribution in [0.5, 0.6) is 0 Å². The number of nitriles is 1. The molecule has 0 radical (unpaired) electrons. The first kappa shape index (κ1) is 17.4. The van der Waals surface area contributed by atoms with E-state index in [9.17, 15) is 13.2 Å². The lowest BCUT2D eigenvalue weighted by atomic mass is 9.99. The van der Waals surface area contributed by atoms with Crippen molar-refractivity contribution in [1.82, 2.24) is 0 Å². The Morgan fingerprint density at radius 3 is 2.56 bits per heavy atom. The van der Waals surface area contributed by atoms with E-state index in [2.05, 4.69) is 0 Å². The summed E-state index contributed by atoms with van der Waals surface area (Å²) in [6.45, 7) is 1.92. The molecule has 2 nitrogen and oxygen atoms in total. The zero-order chi connectivity index (χ0) is 18.2. The van der Waals surface area contributed by atoms with E-state index in [-0.39, 0.29) is 17.0 Å². The minimum absolute atomic E-state index is 0.00571. The van der Waals surface area contributed by atoms with Crippen LogP contribution in [0.4, 0.5) is 13.2 Å². The molecule has 2 aromatic carbocycles. The van der Waals surface area contributed by atoms with Gasteiger partial charge in [0.1, 0.15) is 11.3 Å². The fourth-order valence-corrected chi connectivity index (χ4v) is 3.11. The molecule has 3 rings (SSSR count). The smallest absolute Gasteiger partial charge is 0.416 e. The van der Waals surface area contributed by atoms with Gasteiger partial charge in [0.25, 0.3) is 0 Å². The van der Waals surface area contributed by atoms with Crippen molar-refractivity contribution in [2.24, 2.45) is 0 Å². The standard InChI is InChI=1S/C19H13ClF3NO/c1-2-14-15-6-3-11(10-24)7-17(15)25-18(14)8-12-4-5-13(20)9-16(12)19(21,22)23/h3-7,9H,2,8H2,1H3. The molecule has 1 aromatic heterocycles. The molecule has 6 heteroatoms. The Hall–Kier alpha value is -2.45. The summed E-state index contributed by atoms with van der Waals surface area (Å²) < 4.78 is 45.7. The second-order valence-electron chi connectivity index (χ2n) is 5.66. The van der Waals surface area contributed by atoms with Gasteiger partial charge in [-0.2, -0.15) is 18.4 Å². The third-order valence-corrected chi connectivity index (χ3v) is 4.32. The maximum atomic E-state index is 13.3. The largest absolute Gasteiger partial charge is 0.460 e. The van der Waals surface area contributed by atoms with Crippen LogP contribution in [-0.4, -0.2) is 0 Å². The Kier molecular flexibility index (Phi) is 4.49. The summed E-state index contributed by atoms with van der Waals surface area (Å²) in [5.74, 6) is 0.473. The van der Waals surface area contributed by atoms with E-state index in [4.69, 9.17) is 21.3 Å². The van der Waals surface area contributed by atoms with Crippen molar-refractivity contribution in [1.29, 1.82) is 5.26 Å². The first-order valence-electron chi connectivity index (χ1n) is 7.63. The maximum Gasteiger partial charge on any atom is 0.416 e. The van der Waals surface area contributed by atoms with E-state index in [0.717, 1.165) is 17.0 Å². The molecule has 0 spiro atoms. The lowest BCUT2D eigenvalue weighted by molar-refractivity contribution is -0.138. The van der Waals surface area contributed by atoms with E-state index in [0.29, 0.717) is 23.3 Å². The van der Waals surface area contributed by atoms with Gasteiger partial charge in [-0.1, -0.05) is 24.6 Å². The second kappa shape index (κ2) is 6.45. The first-order valence-corrected chi connectivity index (χ1v) is 8.01. The molecule has 1 heterocycles. The molecular formula is C19H13ClF3NO. The Labute approximate surface area is 147 Å². The van der Waals surface area contributed by atoms with Gasteiger partial charge in [0.2, 0.25) is 0 Å². The predicted molar refractivity (Wildman–Crippen MR) is 89.6 cm³/mol. The topological polar surface area (TPSA) is 36.9 Å². The average Bonchev–Trinajstić information content (AvgIpc) is 2.91. The van der Waals surface area contributed by atoms with Crippen molar-refractivity contribution in [2.45, 2.75) is 25.9 Å². The molecule has 0 aliphatic rings. The fourth-order valence-electron chi connectivity index (χ4n) is 2.94. The highest BCUT2D eigenvalue weighted by Crippen LogP contribution is 2.36. The van der Waals surface area contributed by atoms with Crippen molar-refractivity contribution in [2.75, 3.05) is 0 Å². The number of fused-ring (bicyclic) bond motifs is 1. The summed E-state index contributed by atoms with van der Waals surface area (Å²) in [5.41, 5.74) is 1.14. The molecule has 0 bridgehead atoms. The Balaban J connectivity index is 2.11. The highest BCUT2D eigenvalue weighted by molar-refractivity contribution is 6.30. The van der Waals surface area contributed by atoms with E-state index >= 15 is 0 Å². The van der Waals surface area contributed by atoms with E-state index in [1.54, 1.807) is 18.2 Å². The quantitative estimate of drug-likeness (QED) is 0.561. The molecule has 0 aliphatic heterocycles. The molecule has 0 amide bonds. The minimum Gasteiger partial charge on any atom is -0.460 e. The Morgan fingerprint density at radius 2 is 1.92 bits per heavy atom. The van der Waals surface area contributed by atoms with Crippen LogP contribution in [0.3, 0.4) is 0 Å². The number of hydrogen-bond donors (Lipinski definition) is 0. The molecule has 0 N–H and O–H groups in total. The van der Waals surface area contributed by atoms with Crippen LogP contribution in [0.1, 0.15) is 34.9 Å². The Bertz CT molecular complexity index is 983. The molecule has 0 unspecified atom stereocenters. The van der Waals surface area contributed by atoms with Gasteiger partial charge in [0, 0.05) is 22.4 Å². The third-order valence-electron chi connectivity index (χ3n) is 4.09. The number of hydrogen-bond acceptors (Lipinski definition) is 2. The highest BCUT2D eigenvalue weighted by atomic mass is 35.5. The number of benzene rings is 2. The maximum absolute atomic E-state index is 13.3. The van der Waals surface area contributed by atoms with Gasteiger partial charge in [0.05, 0.1) is 17.2 Å². The van der Waals surface area contributed by atoms with E-state index < -0.39 is 11.7 Å². The highest BCUT2D eigenvalue weighted by Gasteiger charge is 2.34. The summed E-state index contributed by atoms with van der Waals surface area (Å²) in [6.07, 6.45) is -3.87. The molecule has 3 aromatic rings. The van der Waals surface area contributed by atoms with Crippen molar-refractivity contribution in [3.8, 4) is 6.07 Å². The zero-order valence-electron chi connectivity index (χ0n) is 13.2. The monoisotopic (exact) mass is 363 g/mol. The normalized spacial score (nSPS) is 11.7. The van der Waals surface area contributed by atoms with Crippen LogP contribution in [0.25, 0.3) is 11.0 Å². The van der Waals surface area contributed by atoms with E-state index in [1.807, 2.05) is 13.0 Å². The number of aryl methyl sites for hydroxylation is 1. The van der Waals surface area contributed by atoms with Crippen molar-refractivity contribution in [3.63, 3.8) is 0 Å². The first-order chi connectivity index (χ1) is 11.8. The number of halogens is 4. The molecule has 0 atom stereocenters. The van der Waals surface area contributed by atoms with Crippen LogP contribution in [-0.2, 0) is 19.0 Å². The molecule has 128 valence electrons. The van der Waals surface area contributed by atoms with Crippen LogP contribution >= 0.6 is 11.6 Å². The molecular weight excluding hydrogens is 351 g/mol. The predicted octanol–water partition coefficient (Wildman–Crippen LogP) is 6.13. The zero-order valence-corrected chi connectivity index (χ0v) is 14.0. The molecule has 25 heavy (non-hydrogen) atoms.